The van der Waals surface area contributed by atoms with Gasteiger partial charge in [0, 0.05) is 0 Å². The van der Waals surface area contributed by atoms with Crippen molar-refractivity contribution >= 4 is 0 Å². The minimum Gasteiger partial charge on any atom is -0.0651 e. The molecular weight excluding hydrogens is 264 g/mol. The molecule has 2 fully saturated rings. The molecule has 2 rings (SSSR count). The highest BCUT2D eigenvalue weighted by molar-refractivity contribution is 4.93. The van der Waals surface area contributed by atoms with Crippen LogP contribution in [0.5, 0.6) is 0 Å². The van der Waals surface area contributed by atoms with Crippen LogP contribution < -0.4 is 0 Å². The molecule has 0 heteroatoms. The van der Waals surface area contributed by atoms with Crippen LogP contribution in [0.25, 0.3) is 0 Å². The Morgan fingerprint density at radius 3 is 1.36 bits per heavy atom. The summed E-state index contributed by atoms with van der Waals surface area (Å²) >= 11 is 0. The number of hydrogen-bond acceptors (Lipinski definition) is 0. The fourth-order valence-electron chi connectivity index (χ4n) is 7.02. The predicted octanol–water partition coefficient (Wildman–Crippen LogP) is 7.04. The van der Waals surface area contributed by atoms with Crippen LogP contribution in [0.2, 0.25) is 0 Å². The van der Waals surface area contributed by atoms with Crippen LogP contribution in [0.15, 0.2) is 0 Å². The van der Waals surface area contributed by atoms with Crippen LogP contribution in [-0.4, -0.2) is 0 Å². The van der Waals surface area contributed by atoms with Gasteiger partial charge in [0.2, 0.25) is 0 Å². The van der Waals surface area contributed by atoms with Gasteiger partial charge in [0.1, 0.15) is 0 Å². The van der Waals surface area contributed by atoms with Crippen molar-refractivity contribution in [1.82, 2.24) is 0 Å². The van der Waals surface area contributed by atoms with Crippen LogP contribution in [0, 0.1) is 53.3 Å². The van der Waals surface area contributed by atoms with Crippen LogP contribution in [0.4, 0.5) is 0 Å². The largest absolute Gasteiger partial charge is 0.0651 e. The van der Waals surface area contributed by atoms with Gasteiger partial charge in [0.05, 0.1) is 0 Å². The Balaban J connectivity index is 2.09. The normalized spacial score (nSPS) is 46.9. The smallest absolute Gasteiger partial charge is 0.0329 e. The summed E-state index contributed by atoms with van der Waals surface area (Å²) in [7, 11) is 0. The van der Waals surface area contributed by atoms with Crippen molar-refractivity contribution in [1.29, 1.82) is 0 Å². The van der Waals surface area contributed by atoms with Gasteiger partial charge in [-0.1, -0.05) is 61.3 Å². The molecule has 0 aromatic heterocycles. The van der Waals surface area contributed by atoms with Gasteiger partial charge in [0.15, 0.2) is 0 Å². The molecule has 22 heavy (non-hydrogen) atoms. The Labute approximate surface area is 140 Å². The standard InChI is InChI=1S/C22H42/c1-8-19(9-2)20-12-17(6)22(18(7)13-20)21-15(4)10-14(3)11-16(21)5/h14-22H,8-13H2,1-7H3. The fraction of sp³-hybridized carbons (Fsp3) is 1.00. The van der Waals surface area contributed by atoms with E-state index in [2.05, 4.69) is 48.5 Å². The molecule has 0 aromatic carbocycles. The summed E-state index contributed by atoms with van der Waals surface area (Å²) < 4.78 is 0. The lowest BCUT2D eigenvalue weighted by Crippen LogP contribution is -2.43. The van der Waals surface area contributed by atoms with Crippen LogP contribution >= 0.6 is 0 Å². The highest BCUT2D eigenvalue weighted by atomic mass is 14.5. The van der Waals surface area contributed by atoms with Crippen molar-refractivity contribution in [2.45, 2.75) is 87.0 Å². The Hall–Kier alpha value is 0. The lowest BCUT2D eigenvalue weighted by molar-refractivity contribution is -0.0182. The van der Waals surface area contributed by atoms with Crippen LogP contribution in [0.1, 0.15) is 87.0 Å². The molecule has 2 aliphatic rings. The zero-order valence-electron chi connectivity index (χ0n) is 16.4. The molecule has 4 unspecified atom stereocenters. The highest BCUT2D eigenvalue weighted by Crippen LogP contribution is 2.52. The summed E-state index contributed by atoms with van der Waals surface area (Å²) in [6.45, 7) is 17.6. The molecule has 4 atom stereocenters. The maximum Gasteiger partial charge on any atom is -0.0329 e. The van der Waals surface area contributed by atoms with E-state index >= 15 is 0 Å². The molecule has 0 spiro atoms. The molecule has 0 aliphatic heterocycles. The van der Waals surface area contributed by atoms with Crippen molar-refractivity contribution in [2.75, 3.05) is 0 Å². The number of hydrogen-bond donors (Lipinski definition) is 0. The van der Waals surface area contributed by atoms with E-state index in [9.17, 15) is 0 Å². The third kappa shape index (κ3) is 3.73. The second kappa shape index (κ2) is 7.71. The zero-order chi connectivity index (χ0) is 16.4. The van der Waals surface area contributed by atoms with Crippen molar-refractivity contribution in [2.24, 2.45) is 53.3 Å². The summed E-state index contributed by atoms with van der Waals surface area (Å²) in [5.41, 5.74) is 0. The molecule has 0 nitrogen and oxygen atoms in total. The average Bonchev–Trinajstić information content (AvgIpc) is 2.42. The van der Waals surface area contributed by atoms with E-state index < -0.39 is 0 Å². The molecule has 2 saturated carbocycles. The lowest BCUT2D eigenvalue weighted by Gasteiger charge is -2.51. The quantitative estimate of drug-likeness (QED) is 0.522. The molecule has 0 radical (unpaired) electrons. The summed E-state index contributed by atoms with van der Waals surface area (Å²) in [6.07, 6.45) is 8.74. The maximum atomic E-state index is 2.59. The van der Waals surface area contributed by atoms with Gasteiger partial charge in [-0.15, -0.1) is 0 Å². The molecule has 0 saturated heterocycles. The Morgan fingerprint density at radius 2 is 1.00 bits per heavy atom. The second-order valence-electron chi connectivity index (χ2n) is 9.45. The van der Waals surface area contributed by atoms with Gasteiger partial charge in [-0.2, -0.15) is 0 Å². The summed E-state index contributed by atoms with van der Waals surface area (Å²) in [6, 6.07) is 0. The van der Waals surface area contributed by atoms with Gasteiger partial charge < -0.3 is 0 Å². The van der Waals surface area contributed by atoms with E-state index in [-0.39, 0.29) is 0 Å². The van der Waals surface area contributed by atoms with E-state index in [1.807, 2.05) is 0 Å². The molecule has 0 amide bonds. The van der Waals surface area contributed by atoms with Crippen molar-refractivity contribution in [3.8, 4) is 0 Å². The molecule has 130 valence electrons. The summed E-state index contributed by atoms with van der Waals surface area (Å²) in [5.74, 6) is 8.68. The highest BCUT2D eigenvalue weighted by Gasteiger charge is 2.44. The van der Waals surface area contributed by atoms with Gasteiger partial charge >= 0.3 is 0 Å². The first-order valence-corrected chi connectivity index (χ1v) is 10.4. The number of rotatable bonds is 4. The maximum absolute atomic E-state index is 2.59. The van der Waals surface area contributed by atoms with Gasteiger partial charge in [0.25, 0.3) is 0 Å². The van der Waals surface area contributed by atoms with E-state index in [0.29, 0.717) is 0 Å². The average molecular weight is 307 g/mol. The molecule has 2 aliphatic carbocycles. The third-order valence-electron chi connectivity index (χ3n) is 7.69. The SMILES string of the molecule is CCC(CC)C1CC(C)C(C2C(C)CC(C)CC2C)C(C)C1. The molecule has 0 N–H and O–H groups in total. The van der Waals surface area contributed by atoms with E-state index in [4.69, 9.17) is 0 Å². The monoisotopic (exact) mass is 306 g/mol. The molecule has 0 aromatic rings. The predicted molar refractivity (Wildman–Crippen MR) is 98.8 cm³/mol. The molecular formula is C22H42. The molecule has 0 bridgehead atoms. The van der Waals surface area contributed by atoms with Gasteiger partial charge in [-0.05, 0) is 78.9 Å². The van der Waals surface area contributed by atoms with Crippen molar-refractivity contribution in [3.63, 3.8) is 0 Å². The van der Waals surface area contributed by atoms with Crippen molar-refractivity contribution in [3.05, 3.63) is 0 Å². The first kappa shape index (κ1) is 18.3. The lowest BCUT2D eigenvalue weighted by atomic mass is 9.54. The first-order chi connectivity index (χ1) is 10.4. The van der Waals surface area contributed by atoms with Crippen molar-refractivity contribution < 1.29 is 0 Å². The second-order valence-corrected chi connectivity index (χ2v) is 9.45. The Bertz CT molecular complexity index is 305. The minimum atomic E-state index is 0.942. The Morgan fingerprint density at radius 1 is 0.636 bits per heavy atom. The van der Waals surface area contributed by atoms with E-state index in [0.717, 1.165) is 53.3 Å². The topological polar surface area (TPSA) is 0 Å². The minimum absolute atomic E-state index is 0.942. The van der Waals surface area contributed by atoms with E-state index in [1.54, 1.807) is 0 Å². The third-order valence-corrected chi connectivity index (χ3v) is 7.69. The zero-order valence-corrected chi connectivity index (χ0v) is 16.4. The van der Waals surface area contributed by atoms with Gasteiger partial charge in [-0.3, -0.25) is 0 Å². The summed E-state index contributed by atoms with van der Waals surface area (Å²) in [4.78, 5) is 0. The van der Waals surface area contributed by atoms with Gasteiger partial charge in [-0.25, -0.2) is 0 Å². The van der Waals surface area contributed by atoms with Crippen LogP contribution in [-0.2, 0) is 0 Å². The van der Waals surface area contributed by atoms with Crippen LogP contribution in [0.3, 0.4) is 0 Å². The molecule has 0 heterocycles. The Kier molecular flexibility index (Phi) is 6.43. The first-order valence-electron chi connectivity index (χ1n) is 10.4. The van der Waals surface area contributed by atoms with E-state index in [1.165, 1.54) is 38.5 Å². The fourth-order valence-corrected chi connectivity index (χ4v) is 7.02. The summed E-state index contributed by atoms with van der Waals surface area (Å²) in [5, 5.41) is 0.